The van der Waals surface area contributed by atoms with Crippen molar-refractivity contribution in [3.63, 3.8) is 0 Å². The third kappa shape index (κ3) is 5.34. The van der Waals surface area contributed by atoms with Gasteiger partial charge in [0.15, 0.2) is 0 Å². The molecular formula is C24H32N4O5S. The largest absolute Gasteiger partial charge is 0.381 e. The lowest BCUT2D eigenvalue weighted by Gasteiger charge is -2.33. The summed E-state index contributed by atoms with van der Waals surface area (Å²) in [5.74, 6) is -0.210. The van der Waals surface area contributed by atoms with Gasteiger partial charge in [0.2, 0.25) is 10.0 Å². The third-order valence-electron chi connectivity index (χ3n) is 6.44. The van der Waals surface area contributed by atoms with Gasteiger partial charge in [0.25, 0.3) is 5.91 Å². The van der Waals surface area contributed by atoms with Crippen LogP contribution < -0.4 is 10.0 Å². The van der Waals surface area contributed by atoms with Crippen molar-refractivity contribution in [1.29, 1.82) is 0 Å². The Morgan fingerprint density at radius 3 is 2.24 bits per heavy atom. The van der Waals surface area contributed by atoms with Crippen molar-refractivity contribution in [2.45, 2.75) is 42.7 Å². The molecule has 2 N–H and O–H groups in total. The zero-order valence-corrected chi connectivity index (χ0v) is 20.4. The summed E-state index contributed by atoms with van der Waals surface area (Å²) in [6, 6.07) is 9.90. The van der Waals surface area contributed by atoms with Crippen molar-refractivity contribution in [2.75, 3.05) is 40.4 Å². The average molecular weight is 489 g/mol. The summed E-state index contributed by atoms with van der Waals surface area (Å²) < 4.78 is 34.8. The number of ether oxygens (including phenoxy) is 1. The highest BCUT2D eigenvalue weighted by atomic mass is 32.2. The highest BCUT2D eigenvalue weighted by Crippen LogP contribution is 2.27. The molecule has 2 aromatic carbocycles. The van der Waals surface area contributed by atoms with Gasteiger partial charge < -0.3 is 19.9 Å². The van der Waals surface area contributed by atoms with Crippen LogP contribution in [0.15, 0.2) is 41.3 Å². The molecule has 2 aliphatic heterocycles. The maximum absolute atomic E-state index is 13.3. The van der Waals surface area contributed by atoms with Crippen LogP contribution in [0.3, 0.4) is 0 Å². The summed E-state index contributed by atoms with van der Waals surface area (Å²) >= 11 is 0. The first-order valence-electron chi connectivity index (χ1n) is 11.6. The minimum atomic E-state index is -3.82. The number of hydrogen-bond acceptors (Lipinski definition) is 5. The van der Waals surface area contributed by atoms with Crippen molar-refractivity contribution in [3.8, 4) is 0 Å². The molecule has 10 heteroatoms. The number of benzene rings is 2. The number of hydrogen-bond donors (Lipinski definition) is 2. The summed E-state index contributed by atoms with van der Waals surface area (Å²) in [5, 5.41) is 4.16. The lowest BCUT2D eigenvalue weighted by Crippen LogP contribution is -2.49. The van der Waals surface area contributed by atoms with Crippen molar-refractivity contribution < 1.29 is 22.7 Å². The maximum Gasteiger partial charge on any atom is 0.319 e. The van der Waals surface area contributed by atoms with Gasteiger partial charge in [0, 0.05) is 63.4 Å². The van der Waals surface area contributed by atoms with Gasteiger partial charge in [-0.25, -0.2) is 17.9 Å². The molecule has 0 radical (unpaired) electrons. The summed E-state index contributed by atoms with van der Waals surface area (Å²) in [6.45, 7) is 2.24. The molecule has 3 amide bonds. The van der Waals surface area contributed by atoms with E-state index >= 15 is 0 Å². The number of piperidine rings is 1. The predicted molar refractivity (Wildman–Crippen MR) is 129 cm³/mol. The van der Waals surface area contributed by atoms with Crippen LogP contribution in [0.4, 0.5) is 4.79 Å². The SMILES string of the molecule is CN(C)C(=O)N1CCC(NS(=O)(=O)c2ccc(C(=O)NC3CCOCC3)c3ccccc23)CC1. The summed E-state index contributed by atoms with van der Waals surface area (Å²) in [6.07, 6.45) is 2.61. The Labute approximate surface area is 200 Å². The van der Waals surface area contributed by atoms with Crippen LogP contribution in [-0.2, 0) is 14.8 Å². The van der Waals surface area contributed by atoms with Gasteiger partial charge in [-0.3, -0.25) is 4.79 Å². The molecule has 4 rings (SSSR count). The van der Waals surface area contributed by atoms with E-state index in [0.717, 1.165) is 12.8 Å². The van der Waals surface area contributed by atoms with E-state index in [0.29, 0.717) is 55.5 Å². The fourth-order valence-electron chi connectivity index (χ4n) is 4.56. The van der Waals surface area contributed by atoms with E-state index in [9.17, 15) is 18.0 Å². The number of amides is 3. The molecule has 0 spiro atoms. The van der Waals surface area contributed by atoms with Crippen LogP contribution in [0.2, 0.25) is 0 Å². The predicted octanol–water partition coefficient (Wildman–Crippen LogP) is 2.17. The van der Waals surface area contributed by atoms with Crippen LogP contribution in [-0.4, -0.2) is 82.6 Å². The number of carbonyl (C=O) groups excluding carboxylic acids is 2. The van der Waals surface area contributed by atoms with Gasteiger partial charge in [0.1, 0.15) is 0 Å². The fraction of sp³-hybridized carbons (Fsp3) is 0.500. The molecule has 0 saturated carbocycles. The second-order valence-electron chi connectivity index (χ2n) is 9.08. The molecule has 2 aromatic rings. The molecule has 9 nitrogen and oxygen atoms in total. The molecular weight excluding hydrogens is 456 g/mol. The molecule has 0 aliphatic carbocycles. The third-order valence-corrected chi connectivity index (χ3v) is 8.02. The topological polar surface area (TPSA) is 108 Å². The van der Waals surface area contributed by atoms with E-state index in [1.54, 1.807) is 49.3 Å². The summed E-state index contributed by atoms with van der Waals surface area (Å²) in [5.41, 5.74) is 0.455. The molecule has 0 bridgehead atoms. The van der Waals surface area contributed by atoms with E-state index in [2.05, 4.69) is 10.0 Å². The maximum atomic E-state index is 13.3. The highest BCUT2D eigenvalue weighted by molar-refractivity contribution is 7.89. The van der Waals surface area contributed by atoms with Gasteiger partial charge in [-0.15, -0.1) is 0 Å². The summed E-state index contributed by atoms with van der Waals surface area (Å²) in [7, 11) is -0.414. The lowest BCUT2D eigenvalue weighted by molar-refractivity contribution is 0.0697. The Morgan fingerprint density at radius 2 is 1.59 bits per heavy atom. The van der Waals surface area contributed by atoms with Gasteiger partial charge in [-0.1, -0.05) is 24.3 Å². The first-order valence-corrected chi connectivity index (χ1v) is 13.1. The monoisotopic (exact) mass is 488 g/mol. The van der Waals surface area contributed by atoms with Crippen molar-refractivity contribution in [3.05, 3.63) is 42.0 Å². The number of carbonyl (C=O) groups is 2. The fourth-order valence-corrected chi connectivity index (χ4v) is 6.08. The van der Waals surface area contributed by atoms with Crippen LogP contribution >= 0.6 is 0 Å². The van der Waals surface area contributed by atoms with Crippen LogP contribution in [0.1, 0.15) is 36.0 Å². The first-order chi connectivity index (χ1) is 16.3. The highest BCUT2D eigenvalue weighted by Gasteiger charge is 2.29. The second kappa shape index (κ2) is 10.3. The molecule has 2 saturated heterocycles. The Balaban J connectivity index is 1.52. The van der Waals surface area contributed by atoms with Gasteiger partial charge >= 0.3 is 6.03 Å². The number of nitrogens with zero attached hydrogens (tertiary/aromatic N) is 2. The van der Waals surface area contributed by atoms with Crippen LogP contribution in [0.25, 0.3) is 10.8 Å². The molecule has 2 heterocycles. The quantitative estimate of drug-likeness (QED) is 0.671. The van der Waals surface area contributed by atoms with Gasteiger partial charge in [0.05, 0.1) is 4.90 Å². The minimum Gasteiger partial charge on any atom is -0.381 e. The molecule has 184 valence electrons. The Hall–Kier alpha value is -2.69. The van der Waals surface area contributed by atoms with Crippen molar-refractivity contribution in [2.24, 2.45) is 0 Å². The van der Waals surface area contributed by atoms with E-state index in [1.165, 1.54) is 11.0 Å². The van der Waals surface area contributed by atoms with E-state index in [4.69, 9.17) is 4.74 Å². The lowest BCUT2D eigenvalue weighted by atomic mass is 10.0. The zero-order chi connectivity index (χ0) is 24.3. The second-order valence-corrected chi connectivity index (χ2v) is 10.8. The summed E-state index contributed by atoms with van der Waals surface area (Å²) in [4.78, 5) is 28.5. The van der Waals surface area contributed by atoms with Gasteiger partial charge in [-0.05, 0) is 43.2 Å². The molecule has 0 atom stereocenters. The standard InChI is InChI=1S/C24H32N4O5S/c1-27(2)24(30)28-13-9-18(10-14-28)26-34(31,32)22-8-7-21(19-5-3-4-6-20(19)22)23(29)25-17-11-15-33-16-12-17/h3-8,17-18,26H,9-16H2,1-2H3,(H,25,29). The Morgan fingerprint density at radius 1 is 0.941 bits per heavy atom. The normalized spacial score (nSPS) is 18.1. The molecule has 34 heavy (non-hydrogen) atoms. The van der Waals surface area contributed by atoms with Gasteiger partial charge in [-0.2, -0.15) is 0 Å². The number of nitrogens with one attached hydrogen (secondary N) is 2. The van der Waals surface area contributed by atoms with E-state index in [1.807, 2.05) is 0 Å². The number of likely N-dealkylation sites (tertiary alicyclic amines) is 1. The number of sulfonamides is 1. The van der Waals surface area contributed by atoms with E-state index in [-0.39, 0.29) is 28.9 Å². The van der Waals surface area contributed by atoms with Crippen molar-refractivity contribution in [1.82, 2.24) is 19.8 Å². The Bertz CT molecular complexity index is 1150. The smallest absolute Gasteiger partial charge is 0.319 e. The number of urea groups is 1. The molecule has 0 unspecified atom stereocenters. The van der Waals surface area contributed by atoms with E-state index < -0.39 is 10.0 Å². The number of rotatable bonds is 5. The van der Waals surface area contributed by atoms with Crippen molar-refractivity contribution >= 4 is 32.7 Å². The van der Waals surface area contributed by atoms with Crippen LogP contribution in [0.5, 0.6) is 0 Å². The first kappa shape index (κ1) is 24.4. The average Bonchev–Trinajstić information content (AvgIpc) is 2.83. The van der Waals surface area contributed by atoms with Crippen LogP contribution in [0, 0.1) is 0 Å². The zero-order valence-electron chi connectivity index (χ0n) is 19.6. The minimum absolute atomic E-state index is 0.0512. The number of fused-ring (bicyclic) bond motifs is 1. The molecule has 2 fully saturated rings. The molecule has 2 aliphatic rings. The molecule has 0 aromatic heterocycles. The Kier molecular flexibility index (Phi) is 7.39.